The number of fused-ring (bicyclic) bond motifs is 1. The number of aromatic nitrogens is 5. The van der Waals surface area contributed by atoms with Gasteiger partial charge in [0.15, 0.2) is 17.0 Å². The molecule has 8 nitrogen and oxygen atoms in total. The molecule has 0 atom stereocenters. The number of piperazine rings is 1. The van der Waals surface area contributed by atoms with Gasteiger partial charge in [-0.3, -0.25) is 4.79 Å². The molecule has 1 aliphatic heterocycles. The van der Waals surface area contributed by atoms with E-state index in [1.807, 2.05) is 48.2 Å². The lowest BCUT2D eigenvalue weighted by Crippen LogP contribution is -2.49. The average Bonchev–Trinajstić information content (AvgIpc) is 3.24. The summed E-state index contributed by atoms with van der Waals surface area (Å²) < 4.78 is 1.67. The summed E-state index contributed by atoms with van der Waals surface area (Å²) in [6.45, 7) is 4.57. The van der Waals surface area contributed by atoms with Gasteiger partial charge in [-0.15, -0.1) is 5.10 Å². The molecular weight excluding hydrogens is 414 g/mol. The van der Waals surface area contributed by atoms with Gasteiger partial charge in [-0.2, -0.15) is 4.68 Å². The second-order valence-electron chi connectivity index (χ2n) is 7.49. The van der Waals surface area contributed by atoms with Crippen molar-refractivity contribution in [2.24, 2.45) is 0 Å². The Labute approximate surface area is 184 Å². The third kappa shape index (κ3) is 3.70. The standard InChI is InChI=1S/C22H20ClN7O/c1-15-2-4-16(5-3-15)22(31)29-12-10-28(11-13-29)20-19-21(25-14-24-20)30(27-26-19)18-8-6-17(23)7-9-18/h2-9,14H,10-13H2,1H3. The number of carbonyl (C=O) groups excluding carboxylic acids is 1. The van der Waals surface area contributed by atoms with Crippen LogP contribution in [0.4, 0.5) is 5.82 Å². The number of carbonyl (C=O) groups is 1. The van der Waals surface area contributed by atoms with Crippen LogP contribution in [-0.4, -0.2) is 61.9 Å². The maximum absolute atomic E-state index is 12.8. The highest BCUT2D eigenvalue weighted by Crippen LogP contribution is 2.24. The molecule has 0 N–H and O–H groups in total. The molecule has 1 saturated heterocycles. The molecule has 2 aromatic carbocycles. The second-order valence-corrected chi connectivity index (χ2v) is 7.93. The zero-order chi connectivity index (χ0) is 21.4. The highest BCUT2D eigenvalue weighted by Gasteiger charge is 2.25. The number of hydrogen-bond donors (Lipinski definition) is 0. The Bertz CT molecular complexity index is 1230. The minimum Gasteiger partial charge on any atom is -0.351 e. The van der Waals surface area contributed by atoms with Crippen molar-refractivity contribution in [3.05, 3.63) is 71.0 Å². The van der Waals surface area contributed by atoms with Crippen LogP contribution in [0.15, 0.2) is 54.9 Å². The first-order valence-electron chi connectivity index (χ1n) is 10.0. The molecule has 31 heavy (non-hydrogen) atoms. The van der Waals surface area contributed by atoms with E-state index in [1.165, 1.54) is 6.33 Å². The van der Waals surface area contributed by atoms with Crippen molar-refractivity contribution >= 4 is 34.5 Å². The molecule has 0 aliphatic carbocycles. The van der Waals surface area contributed by atoms with E-state index in [4.69, 9.17) is 11.6 Å². The quantitative estimate of drug-likeness (QED) is 0.494. The van der Waals surface area contributed by atoms with Crippen LogP contribution in [0, 0.1) is 6.92 Å². The fourth-order valence-corrected chi connectivity index (χ4v) is 3.85. The van der Waals surface area contributed by atoms with E-state index in [0.29, 0.717) is 42.4 Å². The van der Waals surface area contributed by atoms with Gasteiger partial charge in [-0.05, 0) is 43.3 Å². The number of nitrogens with zero attached hydrogens (tertiary/aromatic N) is 7. The summed E-state index contributed by atoms with van der Waals surface area (Å²) >= 11 is 5.99. The molecule has 0 saturated carbocycles. The smallest absolute Gasteiger partial charge is 0.253 e. The van der Waals surface area contributed by atoms with Crippen molar-refractivity contribution in [2.75, 3.05) is 31.1 Å². The van der Waals surface area contributed by atoms with Crippen molar-refractivity contribution in [1.29, 1.82) is 0 Å². The van der Waals surface area contributed by atoms with Crippen LogP contribution in [0.3, 0.4) is 0 Å². The number of hydrogen-bond acceptors (Lipinski definition) is 6. The first kappa shape index (κ1) is 19.4. The molecule has 156 valence electrons. The lowest BCUT2D eigenvalue weighted by Gasteiger charge is -2.35. The van der Waals surface area contributed by atoms with E-state index in [0.717, 1.165) is 22.6 Å². The molecule has 1 aliphatic rings. The highest BCUT2D eigenvalue weighted by atomic mass is 35.5. The van der Waals surface area contributed by atoms with Gasteiger partial charge >= 0.3 is 0 Å². The Hall–Kier alpha value is -3.52. The van der Waals surface area contributed by atoms with Crippen molar-refractivity contribution in [2.45, 2.75) is 6.92 Å². The average molecular weight is 434 g/mol. The summed E-state index contributed by atoms with van der Waals surface area (Å²) in [6.07, 6.45) is 1.53. The number of amides is 1. The van der Waals surface area contributed by atoms with E-state index >= 15 is 0 Å². The van der Waals surface area contributed by atoms with E-state index in [-0.39, 0.29) is 5.91 Å². The fourth-order valence-electron chi connectivity index (χ4n) is 3.72. The highest BCUT2D eigenvalue weighted by molar-refractivity contribution is 6.30. The number of benzene rings is 2. The zero-order valence-electron chi connectivity index (χ0n) is 16.9. The lowest BCUT2D eigenvalue weighted by molar-refractivity contribution is 0.0746. The lowest BCUT2D eigenvalue weighted by atomic mass is 10.1. The van der Waals surface area contributed by atoms with Crippen LogP contribution in [0.5, 0.6) is 0 Å². The number of aryl methyl sites for hydroxylation is 1. The zero-order valence-corrected chi connectivity index (χ0v) is 17.7. The van der Waals surface area contributed by atoms with Gasteiger partial charge in [0, 0.05) is 36.8 Å². The van der Waals surface area contributed by atoms with E-state index in [9.17, 15) is 4.79 Å². The predicted octanol–water partition coefficient (Wildman–Crippen LogP) is 3.13. The second kappa shape index (κ2) is 7.96. The summed E-state index contributed by atoms with van der Waals surface area (Å²) in [5.74, 6) is 0.786. The molecule has 1 amide bonds. The number of anilines is 1. The molecule has 0 radical (unpaired) electrons. The molecule has 1 fully saturated rings. The SMILES string of the molecule is Cc1ccc(C(=O)N2CCN(c3ncnc4c3nnn4-c3ccc(Cl)cc3)CC2)cc1. The normalized spacial score (nSPS) is 14.3. The Kier molecular flexibility index (Phi) is 4.99. The van der Waals surface area contributed by atoms with Crippen LogP contribution in [-0.2, 0) is 0 Å². The Balaban J connectivity index is 1.36. The topological polar surface area (TPSA) is 80.0 Å². The van der Waals surface area contributed by atoms with E-state index < -0.39 is 0 Å². The summed E-state index contributed by atoms with van der Waals surface area (Å²) in [6, 6.07) is 15.0. The molecule has 3 heterocycles. The summed E-state index contributed by atoms with van der Waals surface area (Å²) in [5, 5.41) is 9.26. The van der Waals surface area contributed by atoms with Gasteiger partial charge in [0.05, 0.1) is 5.69 Å². The van der Waals surface area contributed by atoms with Gasteiger partial charge < -0.3 is 9.80 Å². The van der Waals surface area contributed by atoms with Crippen molar-refractivity contribution in [1.82, 2.24) is 29.9 Å². The van der Waals surface area contributed by atoms with Crippen molar-refractivity contribution < 1.29 is 4.79 Å². The molecular formula is C22H20ClN7O. The molecule has 0 unspecified atom stereocenters. The summed E-state index contributed by atoms with van der Waals surface area (Å²) in [7, 11) is 0. The van der Waals surface area contributed by atoms with Crippen LogP contribution in [0.25, 0.3) is 16.9 Å². The van der Waals surface area contributed by atoms with Crippen LogP contribution >= 0.6 is 11.6 Å². The molecule has 4 aromatic rings. The summed E-state index contributed by atoms with van der Waals surface area (Å²) in [4.78, 5) is 25.7. The third-order valence-electron chi connectivity index (χ3n) is 5.45. The minimum atomic E-state index is 0.0566. The molecule has 2 aromatic heterocycles. The third-order valence-corrected chi connectivity index (χ3v) is 5.71. The van der Waals surface area contributed by atoms with Crippen molar-refractivity contribution in [3.8, 4) is 5.69 Å². The monoisotopic (exact) mass is 433 g/mol. The van der Waals surface area contributed by atoms with Crippen molar-refractivity contribution in [3.63, 3.8) is 0 Å². The minimum absolute atomic E-state index is 0.0566. The maximum atomic E-state index is 12.8. The Morgan fingerprint density at radius 3 is 2.35 bits per heavy atom. The molecule has 9 heteroatoms. The maximum Gasteiger partial charge on any atom is 0.253 e. The van der Waals surface area contributed by atoms with Gasteiger partial charge in [0.25, 0.3) is 5.91 Å². The summed E-state index contributed by atoms with van der Waals surface area (Å²) in [5.41, 5.74) is 3.95. The predicted molar refractivity (Wildman–Crippen MR) is 119 cm³/mol. The molecule has 0 spiro atoms. The molecule has 5 rings (SSSR count). The first-order valence-corrected chi connectivity index (χ1v) is 10.4. The van der Waals surface area contributed by atoms with Gasteiger partial charge in [-0.1, -0.05) is 34.5 Å². The van der Waals surface area contributed by atoms with Crippen LogP contribution < -0.4 is 4.90 Å². The van der Waals surface area contributed by atoms with Gasteiger partial charge in [0.1, 0.15) is 6.33 Å². The largest absolute Gasteiger partial charge is 0.351 e. The van der Waals surface area contributed by atoms with Gasteiger partial charge in [0.2, 0.25) is 0 Å². The van der Waals surface area contributed by atoms with Gasteiger partial charge in [-0.25, -0.2) is 9.97 Å². The molecule has 0 bridgehead atoms. The first-order chi connectivity index (χ1) is 15.1. The van der Waals surface area contributed by atoms with E-state index in [1.54, 1.807) is 16.8 Å². The Morgan fingerprint density at radius 2 is 1.65 bits per heavy atom. The van der Waals surface area contributed by atoms with Crippen LogP contribution in [0.2, 0.25) is 5.02 Å². The Morgan fingerprint density at radius 1 is 0.935 bits per heavy atom. The fraction of sp³-hybridized carbons (Fsp3) is 0.227. The number of rotatable bonds is 3. The number of halogens is 1. The van der Waals surface area contributed by atoms with E-state index in [2.05, 4.69) is 25.2 Å². The van der Waals surface area contributed by atoms with Crippen LogP contribution in [0.1, 0.15) is 15.9 Å².